The number of aromatic nitrogens is 2. The summed E-state index contributed by atoms with van der Waals surface area (Å²) in [5.41, 5.74) is 4.28. The lowest BCUT2D eigenvalue weighted by molar-refractivity contribution is -0.132. The van der Waals surface area contributed by atoms with Crippen molar-refractivity contribution < 1.29 is 27.8 Å². The van der Waals surface area contributed by atoms with Crippen molar-refractivity contribution in [3.8, 4) is 22.5 Å². The molecule has 6 rings (SSSR count). The molecule has 1 saturated heterocycles. The third-order valence-corrected chi connectivity index (χ3v) is 9.85. The maximum atomic E-state index is 15.2. The van der Waals surface area contributed by atoms with Gasteiger partial charge in [0.2, 0.25) is 5.91 Å². The normalized spacial score (nSPS) is 23.0. The number of halogens is 1. The zero-order valence-corrected chi connectivity index (χ0v) is 24.1. The van der Waals surface area contributed by atoms with Crippen LogP contribution in [-0.2, 0) is 14.6 Å². The quantitative estimate of drug-likeness (QED) is 0.300. The number of nitrogens with one attached hydrogen (secondary N) is 1. The highest BCUT2D eigenvalue weighted by Crippen LogP contribution is 2.38. The van der Waals surface area contributed by atoms with E-state index in [4.69, 9.17) is 0 Å². The van der Waals surface area contributed by atoms with Crippen LogP contribution in [0.4, 0.5) is 4.39 Å². The van der Waals surface area contributed by atoms with Crippen LogP contribution < -0.4 is 0 Å². The number of imidazole rings is 1. The van der Waals surface area contributed by atoms with Crippen LogP contribution in [0.3, 0.4) is 0 Å². The number of aromatic amines is 1. The highest BCUT2D eigenvalue weighted by molar-refractivity contribution is 7.90. The van der Waals surface area contributed by atoms with Crippen molar-refractivity contribution in [3.05, 3.63) is 72.0 Å². The van der Waals surface area contributed by atoms with E-state index in [0.29, 0.717) is 40.7 Å². The van der Waals surface area contributed by atoms with E-state index < -0.39 is 27.9 Å². The second kappa shape index (κ2) is 11.2. The highest BCUT2D eigenvalue weighted by Gasteiger charge is 2.34. The van der Waals surface area contributed by atoms with E-state index in [0.717, 1.165) is 43.1 Å². The van der Waals surface area contributed by atoms with Gasteiger partial charge >= 0.3 is 0 Å². The van der Waals surface area contributed by atoms with Crippen molar-refractivity contribution in [1.29, 1.82) is 0 Å². The SMILES string of the molecule is CS(=O)(=O)c1ccc2nc(-c3ccc(-c4ccc(C5CCC(CC(=O)N6CC(O)C(O)C6)CC5)cc4)cc3F)[nH]c2c1. The number of aliphatic hydroxyl groups excluding tert-OH is 2. The molecule has 4 aromatic rings. The number of rotatable bonds is 6. The maximum absolute atomic E-state index is 15.2. The molecule has 1 saturated carbocycles. The summed E-state index contributed by atoms with van der Waals surface area (Å²) in [6.45, 7) is 0.421. The Balaban J connectivity index is 1.09. The first-order valence-corrected chi connectivity index (χ1v) is 16.2. The summed E-state index contributed by atoms with van der Waals surface area (Å²) in [5, 5.41) is 19.4. The number of amides is 1. The molecule has 0 bridgehead atoms. The topological polar surface area (TPSA) is 124 Å². The monoisotopic (exact) mass is 591 g/mol. The van der Waals surface area contributed by atoms with Crippen LogP contribution in [0, 0.1) is 11.7 Å². The zero-order chi connectivity index (χ0) is 29.6. The van der Waals surface area contributed by atoms with Crippen LogP contribution in [0.5, 0.6) is 0 Å². The lowest BCUT2D eigenvalue weighted by Crippen LogP contribution is -2.32. The first-order chi connectivity index (χ1) is 20.0. The Bertz CT molecular complexity index is 1720. The molecule has 1 aliphatic heterocycles. The van der Waals surface area contributed by atoms with E-state index >= 15 is 4.39 Å². The molecule has 0 radical (unpaired) electrons. The van der Waals surface area contributed by atoms with E-state index in [1.54, 1.807) is 17.0 Å². The summed E-state index contributed by atoms with van der Waals surface area (Å²) < 4.78 is 39.0. The number of β-amino-alcohol motifs (C(OH)–C–C–N with tert-alkyl or cyclic N) is 2. The van der Waals surface area contributed by atoms with Crippen molar-refractivity contribution in [2.75, 3.05) is 19.3 Å². The van der Waals surface area contributed by atoms with Gasteiger partial charge in [-0.25, -0.2) is 17.8 Å². The fourth-order valence-corrected chi connectivity index (χ4v) is 6.88. The minimum absolute atomic E-state index is 0.0121. The lowest BCUT2D eigenvalue weighted by Gasteiger charge is -2.29. The van der Waals surface area contributed by atoms with Gasteiger partial charge in [-0.2, -0.15) is 0 Å². The molecule has 220 valence electrons. The van der Waals surface area contributed by atoms with Gasteiger partial charge in [-0.1, -0.05) is 30.3 Å². The van der Waals surface area contributed by atoms with Crippen molar-refractivity contribution in [2.45, 2.75) is 55.1 Å². The van der Waals surface area contributed by atoms with Crippen LogP contribution in [-0.4, -0.2) is 71.0 Å². The number of sulfone groups is 1. The van der Waals surface area contributed by atoms with Crippen LogP contribution in [0.15, 0.2) is 65.6 Å². The fourth-order valence-electron chi connectivity index (χ4n) is 6.23. The molecule has 2 fully saturated rings. The van der Waals surface area contributed by atoms with Crippen molar-refractivity contribution in [3.63, 3.8) is 0 Å². The largest absolute Gasteiger partial charge is 0.388 e. The standard InChI is InChI=1S/C32H34FN3O5S/c1-42(40,41)24-11-13-27-28(16-24)35-32(34-27)25-12-10-23(15-26(25)33)22-8-6-21(7-9-22)20-4-2-19(3-5-20)14-31(39)36-17-29(37)30(38)18-36/h6-13,15-16,19-20,29-30,37-38H,2-5,14,17-18H2,1H3,(H,34,35). The molecule has 1 aromatic heterocycles. The molecular formula is C32H34FN3O5S. The predicted molar refractivity (Wildman–Crippen MR) is 158 cm³/mol. The van der Waals surface area contributed by atoms with Gasteiger partial charge in [-0.15, -0.1) is 0 Å². The van der Waals surface area contributed by atoms with Gasteiger partial charge in [0.1, 0.15) is 11.6 Å². The number of H-pyrrole nitrogens is 1. The zero-order valence-electron chi connectivity index (χ0n) is 23.3. The summed E-state index contributed by atoms with van der Waals surface area (Å²) in [4.78, 5) is 21.8. The Morgan fingerprint density at radius 2 is 1.62 bits per heavy atom. The van der Waals surface area contributed by atoms with Crippen molar-refractivity contribution >= 4 is 26.8 Å². The van der Waals surface area contributed by atoms with Gasteiger partial charge in [0.25, 0.3) is 0 Å². The molecular weight excluding hydrogens is 557 g/mol. The Morgan fingerprint density at radius 3 is 2.26 bits per heavy atom. The number of carbonyl (C=O) groups is 1. The second-order valence-corrected chi connectivity index (χ2v) is 13.7. The van der Waals surface area contributed by atoms with E-state index in [-0.39, 0.29) is 23.9 Å². The predicted octanol–water partition coefficient (Wildman–Crippen LogP) is 4.67. The average Bonchev–Trinajstić information content (AvgIpc) is 3.55. The molecule has 1 aliphatic carbocycles. The molecule has 2 heterocycles. The van der Waals surface area contributed by atoms with Gasteiger partial charge in [0, 0.05) is 25.8 Å². The Morgan fingerprint density at radius 1 is 0.952 bits per heavy atom. The second-order valence-electron chi connectivity index (χ2n) is 11.7. The van der Waals surface area contributed by atoms with Crippen LogP contribution in [0.2, 0.25) is 0 Å². The highest BCUT2D eigenvalue weighted by atomic mass is 32.2. The van der Waals surface area contributed by atoms with Gasteiger partial charge < -0.3 is 20.1 Å². The molecule has 0 spiro atoms. The van der Waals surface area contributed by atoms with Gasteiger partial charge in [0.15, 0.2) is 9.84 Å². The number of likely N-dealkylation sites (tertiary alicyclic amines) is 1. The van der Waals surface area contributed by atoms with Gasteiger partial charge in [-0.3, -0.25) is 4.79 Å². The van der Waals surface area contributed by atoms with Crippen molar-refractivity contribution in [2.24, 2.45) is 5.92 Å². The number of hydrogen-bond acceptors (Lipinski definition) is 6. The molecule has 2 unspecified atom stereocenters. The molecule has 8 nitrogen and oxygen atoms in total. The Labute approximate surface area is 244 Å². The average molecular weight is 592 g/mol. The third-order valence-electron chi connectivity index (χ3n) is 8.74. The summed E-state index contributed by atoms with van der Waals surface area (Å²) in [7, 11) is -3.37. The molecule has 2 atom stereocenters. The minimum Gasteiger partial charge on any atom is -0.388 e. The fraction of sp³-hybridized carbons (Fsp3) is 0.375. The number of hydrogen-bond donors (Lipinski definition) is 3. The smallest absolute Gasteiger partial charge is 0.223 e. The number of aliphatic hydroxyl groups is 2. The van der Waals surface area contributed by atoms with Crippen LogP contribution in [0.1, 0.15) is 43.6 Å². The van der Waals surface area contributed by atoms with Gasteiger partial charge in [0.05, 0.1) is 33.7 Å². The number of benzene rings is 3. The van der Waals surface area contributed by atoms with E-state index in [1.807, 2.05) is 18.2 Å². The van der Waals surface area contributed by atoms with Crippen LogP contribution in [0.25, 0.3) is 33.5 Å². The van der Waals surface area contributed by atoms with E-state index in [9.17, 15) is 23.4 Å². The summed E-state index contributed by atoms with van der Waals surface area (Å²) >= 11 is 0. The third kappa shape index (κ3) is 5.84. The maximum Gasteiger partial charge on any atom is 0.223 e. The number of nitrogens with zero attached hydrogens (tertiary/aromatic N) is 2. The Hall–Kier alpha value is -3.60. The first kappa shape index (κ1) is 28.5. The summed E-state index contributed by atoms with van der Waals surface area (Å²) in [6.07, 6.45) is 3.81. The first-order valence-electron chi connectivity index (χ1n) is 14.3. The number of carbonyl (C=O) groups excluding carboxylic acids is 1. The molecule has 3 aromatic carbocycles. The van der Waals surface area contributed by atoms with Gasteiger partial charge in [-0.05, 0) is 84.5 Å². The summed E-state index contributed by atoms with van der Waals surface area (Å²) in [5.74, 6) is 0.653. The molecule has 42 heavy (non-hydrogen) atoms. The molecule has 10 heteroatoms. The lowest BCUT2D eigenvalue weighted by atomic mass is 9.77. The molecule has 3 N–H and O–H groups in total. The van der Waals surface area contributed by atoms with Crippen molar-refractivity contribution in [1.82, 2.24) is 14.9 Å². The van der Waals surface area contributed by atoms with E-state index in [2.05, 4.69) is 22.1 Å². The Kier molecular flexibility index (Phi) is 7.63. The number of fused-ring (bicyclic) bond motifs is 1. The van der Waals surface area contributed by atoms with Crippen LogP contribution >= 0.6 is 0 Å². The molecule has 1 amide bonds. The molecule has 2 aliphatic rings. The minimum atomic E-state index is -3.37. The summed E-state index contributed by atoms with van der Waals surface area (Å²) in [6, 6.07) is 17.8. The van der Waals surface area contributed by atoms with E-state index in [1.165, 1.54) is 23.8 Å².